The molecule has 7 heteroatoms. The summed E-state index contributed by atoms with van der Waals surface area (Å²) in [5.41, 5.74) is 2.56. The fourth-order valence-corrected chi connectivity index (χ4v) is 2.15. The summed E-state index contributed by atoms with van der Waals surface area (Å²) in [6.45, 7) is 8.38. The van der Waals surface area contributed by atoms with Crippen molar-refractivity contribution in [2.75, 3.05) is 0 Å². The Morgan fingerprint density at radius 1 is 1.22 bits per heavy atom. The highest BCUT2D eigenvalue weighted by molar-refractivity contribution is 6.01. The molecule has 2 aromatic carbocycles. The zero-order valence-electron chi connectivity index (χ0n) is 14.8. The molecule has 0 saturated heterocycles. The number of aliphatic hydroxyl groups is 1. The number of phenolic OH excluding ortho intramolecular Hbond substituents is 1. The van der Waals surface area contributed by atoms with Crippen LogP contribution >= 0.6 is 0 Å². The van der Waals surface area contributed by atoms with Crippen LogP contribution in [0.5, 0.6) is 5.75 Å². The number of nitrogen functional groups attached to an aromatic ring is 1. The van der Waals surface area contributed by atoms with Crippen molar-refractivity contribution in [3.63, 3.8) is 0 Å². The van der Waals surface area contributed by atoms with E-state index in [1.807, 2.05) is 29.7 Å². The molecule has 0 unspecified atom stereocenters. The monoisotopic (exact) mass is 372 g/mol. The molecular weight excluding hydrogens is 351 g/mol. The van der Waals surface area contributed by atoms with Crippen LogP contribution in [0.25, 0.3) is 10.8 Å². The van der Waals surface area contributed by atoms with E-state index < -0.39 is 5.91 Å². The number of amides is 1. The van der Waals surface area contributed by atoms with Crippen LogP contribution in [0.2, 0.25) is 0 Å². The fraction of sp³-hybridized carbons (Fsp3) is 0.0500. The van der Waals surface area contributed by atoms with E-state index in [0.29, 0.717) is 5.57 Å². The van der Waals surface area contributed by atoms with E-state index in [1.165, 1.54) is 6.08 Å². The number of rotatable bonds is 5. The molecule has 0 bridgehead atoms. The molecule has 5 N–H and O–H groups in total. The molecule has 0 aliphatic rings. The standard InChI is InChI=1S/C11H10N2O2.C9H11FO2/c12-13-11(15)9-5-7-3-1-2-4-8(7)6-10(9)14;1-4-7(5-2)9(11)8(6-3)12-10/h1-6,14H,12H2,(H,13,15);4-6,11H,1,3H2,2H3/b;7-5-,9-8-. The van der Waals surface area contributed by atoms with Gasteiger partial charge in [0.25, 0.3) is 5.91 Å². The summed E-state index contributed by atoms with van der Waals surface area (Å²) in [6, 6.07) is 10.6. The minimum absolute atomic E-state index is 0.0725. The normalized spacial score (nSPS) is 11.6. The predicted molar refractivity (Wildman–Crippen MR) is 103 cm³/mol. The van der Waals surface area contributed by atoms with Gasteiger partial charge in [-0.25, -0.2) is 5.84 Å². The van der Waals surface area contributed by atoms with Crippen molar-refractivity contribution in [3.05, 3.63) is 90.4 Å². The van der Waals surface area contributed by atoms with Crippen molar-refractivity contribution in [1.29, 1.82) is 0 Å². The maximum atomic E-state index is 11.7. The van der Waals surface area contributed by atoms with Gasteiger partial charge in [0, 0.05) is 10.1 Å². The van der Waals surface area contributed by atoms with E-state index in [9.17, 15) is 19.5 Å². The Kier molecular flexibility index (Phi) is 8.28. The van der Waals surface area contributed by atoms with Gasteiger partial charge in [0.05, 0.1) is 5.56 Å². The van der Waals surface area contributed by atoms with Gasteiger partial charge in [0.1, 0.15) is 5.75 Å². The van der Waals surface area contributed by atoms with E-state index in [4.69, 9.17) is 5.84 Å². The Labute approximate surface area is 156 Å². The topological polar surface area (TPSA) is 105 Å². The highest BCUT2D eigenvalue weighted by Crippen LogP contribution is 2.24. The predicted octanol–water partition coefficient (Wildman–Crippen LogP) is 4.12. The smallest absolute Gasteiger partial charge is 0.268 e. The number of carbonyl (C=O) groups excluding carboxylic acids is 1. The zero-order valence-corrected chi connectivity index (χ0v) is 14.8. The average molecular weight is 372 g/mol. The maximum Gasteiger partial charge on any atom is 0.268 e. The highest BCUT2D eigenvalue weighted by Gasteiger charge is 2.10. The molecule has 27 heavy (non-hydrogen) atoms. The number of nitrogens with one attached hydrogen (secondary N) is 1. The van der Waals surface area contributed by atoms with Gasteiger partial charge in [0.2, 0.25) is 5.76 Å². The van der Waals surface area contributed by atoms with E-state index in [1.54, 1.807) is 25.1 Å². The first-order valence-corrected chi connectivity index (χ1v) is 7.79. The van der Waals surface area contributed by atoms with E-state index in [0.717, 1.165) is 16.8 Å². The van der Waals surface area contributed by atoms with Gasteiger partial charge in [-0.1, -0.05) is 49.6 Å². The summed E-state index contributed by atoms with van der Waals surface area (Å²) in [5.74, 6) is 3.80. The lowest BCUT2D eigenvalue weighted by Crippen LogP contribution is -2.29. The molecule has 0 atom stereocenters. The molecule has 142 valence electrons. The minimum Gasteiger partial charge on any atom is -0.507 e. The van der Waals surface area contributed by atoms with Crippen molar-refractivity contribution >= 4 is 16.7 Å². The van der Waals surface area contributed by atoms with E-state index in [2.05, 4.69) is 18.1 Å². The molecule has 0 aliphatic heterocycles. The number of carbonyl (C=O) groups is 1. The number of hydrogen-bond acceptors (Lipinski definition) is 5. The average Bonchev–Trinajstić information content (AvgIpc) is 2.69. The molecule has 1 amide bonds. The summed E-state index contributed by atoms with van der Waals surface area (Å²) >= 11 is 0. The number of benzene rings is 2. The quantitative estimate of drug-likeness (QED) is 0.208. The molecular formula is C20H21FN2O4. The van der Waals surface area contributed by atoms with Crippen LogP contribution in [0.15, 0.2) is 84.9 Å². The Morgan fingerprint density at radius 3 is 2.26 bits per heavy atom. The lowest BCUT2D eigenvalue weighted by molar-refractivity contribution is -0.0808. The summed E-state index contributed by atoms with van der Waals surface area (Å²) in [6.07, 6.45) is 4.03. The molecule has 0 aromatic heterocycles. The van der Waals surface area contributed by atoms with Crippen LogP contribution in [0, 0.1) is 0 Å². The fourth-order valence-electron chi connectivity index (χ4n) is 2.15. The van der Waals surface area contributed by atoms with Gasteiger partial charge in [-0.2, -0.15) is 0 Å². The number of aliphatic hydroxyl groups excluding tert-OH is 1. The number of allylic oxidation sites excluding steroid dienone is 3. The molecule has 2 rings (SSSR count). The third kappa shape index (κ3) is 5.45. The Morgan fingerprint density at radius 2 is 1.81 bits per heavy atom. The van der Waals surface area contributed by atoms with Gasteiger partial charge < -0.3 is 10.2 Å². The van der Waals surface area contributed by atoms with Crippen LogP contribution in [0.1, 0.15) is 17.3 Å². The molecule has 0 aliphatic carbocycles. The summed E-state index contributed by atoms with van der Waals surface area (Å²) in [5, 5.41) is 20.6. The SMILES string of the molecule is C=CC(=C/C)/C(O)=C(\C=C)OF.NNC(=O)c1cc2ccccc2cc1O. The lowest BCUT2D eigenvalue weighted by Gasteiger charge is -2.05. The molecule has 0 radical (unpaired) electrons. The first-order valence-electron chi connectivity index (χ1n) is 7.79. The van der Waals surface area contributed by atoms with Gasteiger partial charge in [-0.3, -0.25) is 15.2 Å². The molecule has 2 aromatic rings. The third-order valence-electron chi connectivity index (χ3n) is 3.55. The molecule has 0 spiro atoms. The van der Waals surface area contributed by atoms with Crippen LogP contribution < -0.4 is 11.3 Å². The second-order valence-corrected chi connectivity index (χ2v) is 5.13. The summed E-state index contributed by atoms with van der Waals surface area (Å²) in [4.78, 5) is 14.7. The second kappa shape index (κ2) is 10.4. The van der Waals surface area contributed by atoms with E-state index in [-0.39, 0.29) is 22.8 Å². The highest BCUT2D eigenvalue weighted by atomic mass is 19.3. The van der Waals surface area contributed by atoms with Crippen molar-refractivity contribution in [3.8, 4) is 5.75 Å². The first-order chi connectivity index (χ1) is 12.9. The number of halogens is 1. The maximum absolute atomic E-state index is 11.7. The number of hydrogen-bond donors (Lipinski definition) is 4. The molecule has 0 saturated carbocycles. The molecule has 6 nitrogen and oxygen atoms in total. The number of phenols is 1. The number of fused-ring (bicyclic) bond motifs is 1. The zero-order chi connectivity index (χ0) is 20.4. The summed E-state index contributed by atoms with van der Waals surface area (Å²) < 4.78 is 11.7. The first kappa shape index (κ1) is 21.5. The van der Waals surface area contributed by atoms with Crippen LogP contribution in [-0.4, -0.2) is 16.1 Å². The Hall–Kier alpha value is -3.58. The second-order valence-electron chi connectivity index (χ2n) is 5.13. The number of nitrogens with two attached hydrogens (primary N) is 1. The lowest BCUT2D eigenvalue weighted by atomic mass is 10.1. The van der Waals surface area contributed by atoms with Gasteiger partial charge in [0.15, 0.2) is 5.76 Å². The minimum atomic E-state index is -0.502. The number of aromatic hydroxyl groups is 1. The Balaban J connectivity index is 0.000000279. The largest absolute Gasteiger partial charge is 0.507 e. The molecule has 0 heterocycles. The van der Waals surface area contributed by atoms with Crippen LogP contribution in [-0.2, 0) is 4.94 Å². The van der Waals surface area contributed by atoms with Crippen molar-refractivity contribution in [2.45, 2.75) is 6.92 Å². The van der Waals surface area contributed by atoms with Crippen molar-refractivity contribution in [1.82, 2.24) is 5.43 Å². The Bertz CT molecular complexity index is 904. The van der Waals surface area contributed by atoms with Crippen molar-refractivity contribution < 1.29 is 24.5 Å². The number of hydrazine groups is 1. The van der Waals surface area contributed by atoms with Crippen LogP contribution in [0.3, 0.4) is 0 Å². The van der Waals surface area contributed by atoms with Gasteiger partial charge in [-0.05, 0) is 35.9 Å². The van der Waals surface area contributed by atoms with Gasteiger partial charge in [-0.15, -0.1) is 0 Å². The van der Waals surface area contributed by atoms with Crippen molar-refractivity contribution in [2.24, 2.45) is 5.84 Å². The molecule has 0 fully saturated rings. The van der Waals surface area contributed by atoms with Crippen LogP contribution in [0.4, 0.5) is 4.53 Å². The van der Waals surface area contributed by atoms with Gasteiger partial charge >= 0.3 is 0 Å². The third-order valence-corrected chi connectivity index (χ3v) is 3.55. The van der Waals surface area contributed by atoms with E-state index >= 15 is 0 Å². The summed E-state index contributed by atoms with van der Waals surface area (Å²) in [7, 11) is 0.